The summed E-state index contributed by atoms with van der Waals surface area (Å²) in [6.45, 7) is 3.61. The van der Waals surface area contributed by atoms with Gasteiger partial charge in [-0.2, -0.15) is 0 Å². The molecule has 2 rings (SSSR count). The van der Waals surface area contributed by atoms with Crippen LogP contribution in [0.3, 0.4) is 0 Å². The number of carbonyl (C=O) groups excluding carboxylic acids is 2. The van der Waals surface area contributed by atoms with Crippen LogP contribution in [0.2, 0.25) is 0 Å². The summed E-state index contributed by atoms with van der Waals surface area (Å²) in [6.07, 6.45) is -3.42. The molecule has 21 heavy (non-hydrogen) atoms. The number of Topliss-reactive ketones (excluding diaryl/α,β-unsaturated/α-hetero) is 1. The Balaban J connectivity index is 2.38. The third-order valence-electron chi connectivity index (χ3n) is 3.48. The number of hydrogen-bond acceptors (Lipinski definition) is 3. The molecule has 3 nitrogen and oxygen atoms in total. The van der Waals surface area contributed by atoms with Gasteiger partial charge in [0, 0.05) is 16.5 Å². The molecule has 0 radical (unpaired) electrons. The van der Waals surface area contributed by atoms with Crippen molar-refractivity contribution in [3.05, 3.63) is 33.8 Å². The summed E-state index contributed by atoms with van der Waals surface area (Å²) in [7, 11) is 0. The lowest BCUT2D eigenvalue weighted by Gasteiger charge is -2.24. The average Bonchev–Trinajstić information content (AvgIpc) is 2.70. The van der Waals surface area contributed by atoms with Crippen molar-refractivity contribution in [3.63, 3.8) is 0 Å². The van der Waals surface area contributed by atoms with Crippen LogP contribution in [0.4, 0.5) is 8.78 Å². The van der Waals surface area contributed by atoms with E-state index >= 15 is 0 Å². The van der Waals surface area contributed by atoms with Gasteiger partial charge in [-0.05, 0) is 23.6 Å². The topological polar surface area (TPSA) is 43.4 Å². The van der Waals surface area contributed by atoms with Crippen molar-refractivity contribution >= 4 is 27.7 Å². The van der Waals surface area contributed by atoms with Gasteiger partial charge in [-0.3, -0.25) is 9.59 Å². The van der Waals surface area contributed by atoms with E-state index in [4.69, 9.17) is 4.74 Å². The Morgan fingerprint density at radius 1 is 1.43 bits per heavy atom. The molecule has 1 atom stereocenters. The summed E-state index contributed by atoms with van der Waals surface area (Å²) in [6, 6.07) is 4.71. The number of halogens is 3. The number of esters is 1. The van der Waals surface area contributed by atoms with Crippen molar-refractivity contribution < 1.29 is 23.1 Å². The van der Waals surface area contributed by atoms with Crippen molar-refractivity contribution in [2.24, 2.45) is 11.3 Å². The molecule has 1 aromatic rings. The van der Waals surface area contributed by atoms with E-state index < -0.39 is 23.6 Å². The number of fused-ring (bicyclic) bond motifs is 1. The maximum absolute atomic E-state index is 13.6. The predicted octanol–water partition coefficient (Wildman–Crippen LogP) is 3.64. The van der Waals surface area contributed by atoms with E-state index in [1.807, 2.05) is 0 Å². The van der Waals surface area contributed by atoms with Gasteiger partial charge in [0.2, 0.25) is 0 Å². The molecule has 1 aliphatic carbocycles. The molecule has 0 aromatic heterocycles. The van der Waals surface area contributed by atoms with Gasteiger partial charge in [0.1, 0.15) is 0 Å². The number of ether oxygens (including phenoxy) is 1. The van der Waals surface area contributed by atoms with E-state index in [1.165, 1.54) is 6.07 Å². The summed E-state index contributed by atoms with van der Waals surface area (Å²) in [5.74, 6) is -1.98. The number of rotatable bonds is 4. The number of hydrogen-bond donors (Lipinski definition) is 0. The van der Waals surface area contributed by atoms with Crippen molar-refractivity contribution in [2.75, 3.05) is 6.61 Å². The zero-order valence-corrected chi connectivity index (χ0v) is 13.2. The van der Waals surface area contributed by atoms with Crippen LogP contribution in [-0.4, -0.2) is 24.8 Å². The molecule has 0 fully saturated rings. The molecule has 0 aliphatic heterocycles. The van der Waals surface area contributed by atoms with Crippen molar-refractivity contribution in [1.82, 2.24) is 0 Å². The molecule has 114 valence electrons. The van der Waals surface area contributed by atoms with Crippen LogP contribution < -0.4 is 0 Å². The molecular formula is C15H15BrF2O3. The third-order valence-corrected chi connectivity index (χ3v) is 3.97. The normalized spacial score (nSPS) is 21.0. The molecule has 0 N–H and O–H groups in total. The Kier molecular flexibility index (Phi) is 4.46. The van der Waals surface area contributed by atoms with E-state index in [-0.39, 0.29) is 24.5 Å². The van der Waals surface area contributed by atoms with Crippen LogP contribution in [-0.2, 0) is 16.0 Å². The van der Waals surface area contributed by atoms with Gasteiger partial charge in [-0.15, -0.1) is 0 Å². The van der Waals surface area contributed by atoms with Crippen LogP contribution in [0.1, 0.15) is 29.8 Å². The zero-order chi connectivity index (χ0) is 15.8. The highest BCUT2D eigenvalue weighted by Gasteiger charge is 2.59. The second kappa shape index (κ2) is 5.83. The molecule has 0 saturated carbocycles. The first-order valence-electron chi connectivity index (χ1n) is 6.57. The summed E-state index contributed by atoms with van der Waals surface area (Å²) < 4.78 is 32.6. The molecular weight excluding hydrogens is 346 g/mol. The summed E-state index contributed by atoms with van der Waals surface area (Å²) in [5.41, 5.74) is -1.80. The Labute approximate surface area is 129 Å². The fraction of sp³-hybridized carbons (Fsp3) is 0.467. The summed E-state index contributed by atoms with van der Waals surface area (Å²) in [5, 5.41) is 0. The monoisotopic (exact) mass is 360 g/mol. The first-order chi connectivity index (χ1) is 9.79. The van der Waals surface area contributed by atoms with Gasteiger partial charge < -0.3 is 4.74 Å². The van der Waals surface area contributed by atoms with Crippen LogP contribution >= 0.6 is 15.9 Å². The lowest BCUT2D eigenvalue weighted by Crippen LogP contribution is -2.45. The predicted molar refractivity (Wildman–Crippen MR) is 76.4 cm³/mol. The second-order valence-electron chi connectivity index (χ2n) is 5.57. The summed E-state index contributed by atoms with van der Waals surface area (Å²) in [4.78, 5) is 24.5. The first kappa shape index (κ1) is 16.1. The third kappa shape index (κ3) is 2.73. The number of benzene rings is 1. The number of carbonyl (C=O) groups is 2. The van der Waals surface area contributed by atoms with E-state index in [0.29, 0.717) is 10.0 Å². The number of ketones is 1. The molecule has 0 heterocycles. The second-order valence-corrected chi connectivity index (χ2v) is 6.49. The highest BCUT2D eigenvalue weighted by Crippen LogP contribution is 2.43. The lowest BCUT2D eigenvalue weighted by molar-refractivity contribution is -0.161. The largest absolute Gasteiger partial charge is 0.464 e. The average molecular weight is 361 g/mol. The van der Waals surface area contributed by atoms with Crippen molar-refractivity contribution in [1.29, 1.82) is 0 Å². The maximum Gasteiger partial charge on any atom is 0.326 e. The van der Waals surface area contributed by atoms with E-state index in [1.54, 1.807) is 26.0 Å². The molecule has 1 aliphatic rings. The highest BCUT2D eigenvalue weighted by molar-refractivity contribution is 9.10. The van der Waals surface area contributed by atoms with Crippen LogP contribution in [0, 0.1) is 11.3 Å². The van der Waals surface area contributed by atoms with Gasteiger partial charge in [0.05, 0.1) is 6.61 Å². The van der Waals surface area contributed by atoms with Crippen LogP contribution in [0.25, 0.3) is 0 Å². The fourth-order valence-corrected chi connectivity index (χ4v) is 2.70. The van der Waals surface area contributed by atoms with E-state index in [0.717, 1.165) is 0 Å². The van der Waals surface area contributed by atoms with Crippen molar-refractivity contribution in [2.45, 2.75) is 26.7 Å². The number of alkyl halides is 2. The minimum atomic E-state index is -3.10. The SMILES string of the molecule is CC(C)COC(=O)C1(C(F)F)Cc2ccc(Br)cc2C1=O. The Morgan fingerprint density at radius 3 is 2.67 bits per heavy atom. The smallest absolute Gasteiger partial charge is 0.326 e. The quantitative estimate of drug-likeness (QED) is 0.608. The lowest BCUT2D eigenvalue weighted by atomic mass is 9.84. The first-order valence-corrected chi connectivity index (χ1v) is 7.37. The molecule has 0 saturated heterocycles. The Morgan fingerprint density at radius 2 is 2.10 bits per heavy atom. The molecule has 0 amide bonds. The summed E-state index contributed by atoms with van der Waals surface area (Å²) >= 11 is 3.20. The minimum absolute atomic E-state index is 0.0108. The maximum atomic E-state index is 13.6. The van der Waals surface area contributed by atoms with Gasteiger partial charge in [0.25, 0.3) is 6.43 Å². The molecule has 0 spiro atoms. The van der Waals surface area contributed by atoms with Gasteiger partial charge >= 0.3 is 5.97 Å². The van der Waals surface area contributed by atoms with Crippen molar-refractivity contribution in [3.8, 4) is 0 Å². The Hall–Kier alpha value is -1.30. The minimum Gasteiger partial charge on any atom is -0.464 e. The van der Waals surface area contributed by atoms with E-state index in [9.17, 15) is 18.4 Å². The van der Waals surface area contributed by atoms with Gasteiger partial charge in [-0.1, -0.05) is 35.8 Å². The standard InChI is InChI=1S/C15H15BrF2O3/c1-8(2)7-21-14(20)15(13(17)18)6-9-3-4-10(16)5-11(9)12(15)19/h3-5,8,13H,6-7H2,1-2H3. The van der Waals surface area contributed by atoms with Crippen LogP contribution in [0.5, 0.6) is 0 Å². The van der Waals surface area contributed by atoms with Crippen LogP contribution in [0.15, 0.2) is 22.7 Å². The zero-order valence-electron chi connectivity index (χ0n) is 11.7. The molecule has 1 unspecified atom stereocenters. The molecule has 6 heteroatoms. The van der Waals surface area contributed by atoms with Gasteiger partial charge in [-0.25, -0.2) is 8.78 Å². The van der Waals surface area contributed by atoms with E-state index in [2.05, 4.69) is 15.9 Å². The molecule has 1 aromatic carbocycles. The highest BCUT2D eigenvalue weighted by atomic mass is 79.9. The molecule has 0 bridgehead atoms. The fourth-order valence-electron chi connectivity index (χ4n) is 2.34. The van der Waals surface area contributed by atoms with Gasteiger partial charge in [0.15, 0.2) is 11.2 Å². The Bertz CT molecular complexity index is 586.